The zero-order valence-corrected chi connectivity index (χ0v) is 27.0. The van der Waals surface area contributed by atoms with Gasteiger partial charge in [0.1, 0.15) is 17.8 Å². The van der Waals surface area contributed by atoms with Gasteiger partial charge in [-0.3, -0.25) is 22.7 Å². The Labute approximate surface area is 248 Å². The van der Waals surface area contributed by atoms with Crippen LogP contribution in [0.2, 0.25) is 0 Å². The van der Waals surface area contributed by atoms with Crippen LogP contribution in [0.4, 0.5) is 0 Å². The highest BCUT2D eigenvalue weighted by molar-refractivity contribution is 9.10. The predicted octanol–water partition coefficient (Wildman–Crippen LogP) is 1.03. The molecule has 10 atom stereocenters. The van der Waals surface area contributed by atoms with Crippen molar-refractivity contribution in [1.29, 1.82) is 0 Å². The Morgan fingerprint density at radius 2 is 1.71 bits per heavy atom. The third-order valence-corrected chi connectivity index (χ3v) is 13.1. The maximum Gasteiger partial charge on any atom is 0.303 e. The molecule has 2 N–H and O–H groups in total. The van der Waals surface area contributed by atoms with E-state index in [9.17, 15) is 41.4 Å². The number of halogens is 1. The van der Waals surface area contributed by atoms with Gasteiger partial charge in [-0.05, 0) is 42.7 Å². The second-order valence-corrected chi connectivity index (χ2v) is 17.0. The van der Waals surface area contributed by atoms with Crippen LogP contribution in [0.3, 0.4) is 0 Å². The second-order valence-electron chi connectivity index (χ2n) is 12.5. The molecular weight excluding hydrogens is 648 g/mol. The number of alkyl halides is 1. The van der Waals surface area contributed by atoms with Gasteiger partial charge in [0.25, 0.3) is 20.2 Å². The molecule has 0 spiro atoms. The smallest absolute Gasteiger partial charge is 0.303 e. The monoisotopic (exact) mass is 684 g/mol. The lowest BCUT2D eigenvalue weighted by Gasteiger charge is -2.67. The molecule has 4 aliphatic rings. The van der Waals surface area contributed by atoms with Gasteiger partial charge < -0.3 is 14.9 Å². The van der Waals surface area contributed by atoms with Gasteiger partial charge in [-0.25, -0.2) is 0 Å². The van der Waals surface area contributed by atoms with Crippen LogP contribution in [0, 0.1) is 28.6 Å². The normalized spacial score (nSPS) is 44.3. The first-order chi connectivity index (χ1) is 18.5. The van der Waals surface area contributed by atoms with Gasteiger partial charge in [-0.15, -0.1) is 0 Å². The Balaban J connectivity index is 1.99. The minimum Gasteiger partial charge on any atom is -0.458 e. The molecule has 0 aliphatic heterocycles. The number of ether oxygens (including phenoxy) is 1. The molecule has 3 fully saturated rings. The summed E-state index contributed by atoms with van der Waals surface area (Å²) in [5.41, 5.74) is -4.42. The van der Waals surface area contributed by atoms with E-state index >= 15 is 0 Å². The second kappa shape index (κ2) is 10.2. The number of aliphatic hydroxyl groups excluding tert-OH is 1. The van der Waals surface area contributed by atoms with Crippen LogP contribution in [0.25, 0.3) is 0 Å². The fourth-order valence-electron chi connectivity index (χ4n) is 8.35. The van der Waals surface area contributed by atoms with Gasteiger partial charge in [-0.1, -0.05) is 36.7 Å². The number of fused-ring (bicyclic) bond motifs is 5. The molecule has 0 amide bonds. The molecule has 12 nitrogen and oxygen atoms in total. The summed E-state index contributed by atoms with van der Waals surface area (Å²) in [5, 5.41) is 24.0. The summed E-state index contributed by atoms with van der Waals surface area (Å²) in [4.78, 5) is 37.6. The van der Waals surface area contributed by atoms with Gasteiger partial charge >= 0.3 is 5.97 Å². The van der Waals surface area contributed by atoms with Crippen molar-refractivity contribution in [2.75, 3.05) is 19.1 Å². The number of hydrogen-bond acceptors (Lipinski definition) is 12. The summed E-state index contributed by atoms with van der Waals surface area (Å²) in [5.74, 6) is -4.29. The van der Waals surface area contributed by atoms with Gasteiger partial charge in [0.05, 0.1) is 22.9 Å². The summed E-state index contributed by atoms with van der Waals surface area (Å²) < 4.78 is 65.0. The molecule has 4 aliphatic carbocycles. The van der Waals surface area contributed by atoms with E-state index in [1.165, 1.54) is 6.08 Å². The summed E-state index contributed by atoms with van der Waals surface area (Å²) in [7, 11) is -8.51. The average Bonchev–Trinajstić information content (AvgIpc) is 3.01. The maximum absolute atomic E-state index is 13.5. The van der Waals surface area contributed by atoms with Gasteiger partial charge in [0, 0.05) is 30.1 Å². The number of Topliss-reactive ketones (excluding diaryl/α,β-unsaturated/α-hetero) is 1. The molecular formula is C26H37BrO12S2. The molecule has 0 aromatic rings. The number of carbonyl (C=O) groups excluding carboxylic acids is 3. The lowest BCUT2D eigenvalue weighted by Crippen LogP contribution is -2.74. The molecule has 0 aromatic carbocycles. The molecule has 41 heavy (non-hydrogen) atoms. The molecule has 0 aromatic heterocycles. The van der Waals surface area contributed by atoms with Crippen molar-refractivity contribution in [3.05, 3.63) is 11.6 Å². The number of carbonyl (C=O) groups is 3. The van der Waals surface area contributed by atoms with Crippen LogP contribution < -0.4 is 0 Å². The lowest BCUT2D eigenvalue weighted by atomic mass is 9.44. The highest BCUT2D eigenvalue weighted by Gasteiger charge is 2.78. The van der Waals surface area contributed by atoms with Crippen LogP contribution >= 0.6 is 15.9 Å². The Morgan fingerprint density at radius 1 is 1.12 bits per heavy atom. The van der Waals surface area contributed by atoms with Crippen LogP contribution in [0.15, 0.2) is 11.6 Å². The zero-order chi connectivity index (χ0) is 31.1. The highest BCUT2D eigenvalue weighted by Crippen LogP contribution is 2.73. The maximum atomic E-state index is 13.5. The topological polar surface area (TPSA) is 188 Å². The van der Waals surface area contributed by atoms with Crippen molar-refractivity contribution in [2.45, 2.75) is 81.6 Å². The van der Waals surface area contributed by atoms with Crippen molar-refractivity contribution in [3.63, 3.8) is 0 Å². The van der Waals surface area contributed by atoms with Crippen molar-refractivity contribution < 1.29 is 54.5 Å². The van der Waals surface area contributed by atoms with Gasteiger partial charge in [-0.2, -0.15) is 16.8 Å². The summed E-state index contributed by atoms with van der Waals surface area (Å²) >= 11 is 3.80. The fourth-order valence-corrected chi connectivity index (χ4v) is 10.7. The van der Waals surface area contributed by atoms with E-state index in [4.69, 9.17) is 13.1 Å². The minimum absolute atomic E-state index is 0.0825. The third kappa shape index (κ3) is 4.96. The number of rotatable bonds is 7. The van der Waals surface area contributed by atoms with Crippen molar-refractivity contribution in [1.82, 2.24) is 0 Å². The molecule has 0 radical (unpaired) electrons. The molecule has 0 saturated heterocycles. The minimum atomic E-state index is -4.28. The van der Waals surface area contributed by atoms with E-state index in [0.717, 1.165) is 19.4 Å². The number of ketones is 2. The Kier molecular flexibility index (Phi) is 8.10. The van der Waals surface area contributed by atoms with Crippen LogP contribution in [-0.2, 0) is 47.7 Å². The van der Waals surface area contributed by atoms with Crippen molar-refractivity contribution in [2.24, 2.45) is 28.6 Å². The Morgan fingerprint density at radius 3 is 2.24 bits per heavy atom. The summed E-state index contributed by atoms with van der Waals surface area (Å²) in [6, 6.07) is 0. The Hall–Kier alpha value is -1.23. The van der Waals surface area contributed by atoms with E-state index in [1.54, 1.807) is 20.8 Å². The Bertz CT molecular complexity index is 1410. The van der Waals surface area contributed by atoms with Gasteiger partial charge in [0.15, 0.2) is 12.4 Å². The first-order valence-corrected chi connectivity index (χ1v) is 17.7. The molecule has 15 heteroatoms. The van der Waals surface area contributed by atoms with E-state index in [1.807, 2.05) is 0 Å². The first kappa shape index (κ1) is 32.7. The molecule has 4 rings (SSSR count). The molecule has 3 saturated carbocycles. The first-order valence-electron chi connectivity index (χ1n) is 13.3. The van der Waals surface area contributed by atoms with E-state index in [-0.39, 0.29) is 37.0 Å². The average molecular weight is 686 g/mol. The van der Waals surface area contributed by atoms with E-state index < -0.39 is 95.4 Å². The SMILES string of the molecule is CC(=O)OCC(=O)[C@@]1(O)[C@@H](C)C[C@H]2[C@@H]3[C@@H](OS(C)(=O)=O)[C@@H](OS(C)(=O)=O)C4=CC(=O)CC[C@]4(C)[C@@]3(Br)[C@@H](O)C[C@@]21C. The van der Waals surface area contributed by atoms with Crippen LogP contribution in [0.1, 0.15) is 53.4 Å². The lowest BCUT2D eigenvalue weighted by molar-refractivity contribution is -0.196. The quantitative estimate of drug-likeness (QED) is 0.221. The molecule has 0 heterocycles. The van der Waals surface area contributed by atoms with Crippen molar-refractivity contribution >= 4 is 53.7 Å². The third-order valence-electron chi connectivity index (χ3n) is 10.1. The van der Waals surface area contributed by atoms with Crippen LogP contribution in [-0.4, -0.2) is 91.9 Å². The van der Waals surface area contributed by atoms with Crippen molar-refractivity contribution in [3.8, 4) is 0 Å². The van der Waals surface area contributed by atoms with E-state index in [0.29, 0.717) is 0 Å². The number of aliphatic hydroxyl groups is 2. The zero-order valence-electron chi connectivity index (χ0n) is 23.7. The summed E-state index contributed by atoms with van der Waals surface area (Å²) in [6.07, 6.45) is -1.32. The molecule has 232 valence electrons. The summed E-state index contributed by atoms with van der Waals surface area (Å²) in [6.45, 7) is 5.44. The predicted molar refractivity (Wildman–Crippen MR) is 148 cm³/mol. The van der Waals surface area contributed by atoms with Crippen LogP contribution in [0.5, 0.6) is 0 Å². The fraction of sp³-hybridized carbons (Fsp3) is 0.808. The largest absolute Gasteiger partial charge is 0.458 e. The molecule has 0 unspecified atom stereocenters. The standard InChI is InChI=1S/C26H37BrO12S2/c1-13-9-16-20-22(39-41(6,35)36)21(38-40(5,33)34)17-10-15(29)7-8-23(17,3)25(20,27)18(30)11-24(16,4)26(13,32)19(31)12-37-14(2)28/h10,13,16,18,20-22,30,32H,7-9,11-12H2,1-6H3/t13-,16-,18-,20+,21-,22+,23-,24-,25+,26-/m0/s1. The molecule has 0 bridgehead atoms. The number of hydrogen-bond donors (Lipinski definition) is 2. The number of esters is 1. The highest BCUT2D eigenvalue weighted by atomic mass is 79.9. The van der Waals surface area contributed by atoms with Gasteiger partial charge in [0.2, 0.25) is 5.78 Å². The van der Waals surface area contributed by atoms with E-state index in [2.05, 4.69) is 15.9 Å².